The molecular formula is C14H17BrO4. The van der Waals surface area contributed by atoms with Crippen LogP contribution in [0.3, 0.4) is 0 Å². The molecule has 0 amide bonds. The van der Waals surface area contributed by atoms with Gasteiger partial charge in [0, 0.05) is 11.8 Å². The number of carbonyl (C=O) groups excluding carboxylic acids is 1. The van der Waals surface area contributed by atoms with E-state index >= 15 is 0 Å². The molecule has 1 aromatic carbocycles. The predicted octanol–water partition coefficient (Wildman–Crippen LogP) is 3.07. The number of rotatable bonds is 8. The predicted molar refractivity (Wildman–Crippen MR) is 76.3 cm³/mol. The molecule has 1 N–H and O–H groups in total. The van der Waals surface area contributed by atoms with Gasteiger partial charge in [0.15, 0.2) is 5.78 Å². The number of ketones is 1. The Kier molecular flexibility index (Phi) is 6.56. The fraction of sp³-hybridized carbons (Fsp3) is 0.429. The van der Waals surface area contributed by atoms with E-state index in [2.05, 4.69) is 15.9 Å². The summed E-state index contributed by atoms with van der Waals surface area (Å²) in [4.78, 5) is 22.6. The molecule has 0 bridgehead atoms. The van der Waals surface area contributed by atoms with Crippen LogP contribution in [0.5, 0.6) is 5.75 Å². The molecule has 0 aliphatic rings. The van der Waals surface area contributed by atoms with Crippen LogP contribution >= 0.6 is 15.9 Å². The number of carboxylic acid groups (broad SMARTS) is 1. The largest absolute Gasteiger partial charge is 0.493 e. The lowest BCUT2D eigenvalue weighted by atomic mass is 10.0. The first-order valence-corrected chi connectivity index (χ1v) is 7.27. The second-order valence-corrected chi connectivity index (χ2v) is 4.86. The Hall–Kier alpha value is -1.36. The summed E-state index contributed by atoms with van der Waals surface area (Å²) in [6.45, 7) is 2.29. The lowest BCUT2D eigenvalue weighted by Gasteiger charge is -2.11. The first-order valence-electron chi connectivity index (χ1n) is 6.15. The molecule has 0 heterocycles. The van der Waals surface area contributed by atoms with Gasteiger partial charge in [-0.3, -0.25) is 9.59 Å². The molecule has 1 rings (SSSR count). The molecule has 5 heteroatoms. The summed E-state index contributed by atoms with van der Waals surface area (Å²) in [5, 5.41) is 9.61. The average Bonchev–Trinajstić information content (AvgIpc) is 2.39. The van der Waals surface area contributed by atoms with Gasteiger partial charge in [0.2, 0.25) is 0 Å². The lowest BCUT2D eigenvalue weighted by molar-refractivity contribution is -0.136. The number of ether oxygens (including phenoxy) is 1. The van der Waals surface area contributed by atoms with Gasteiger partial charge in [0.25, 0.3) is 0 Å². The summed E-state index contributed by atoms with van der Waals surface area (Å²) in [6.07, 6.45) is 1.12. The Morgan fingerprint density at radius 1 is 1.37 bits per heavy atom. The molecule has 0 spiro atoms. The summed E-state index contributed by atoms with van der Waals surface area (Å²) in [7, 11) is 0. The summed E-state index contributed by atoms with van der Waals surface area (Å²) >= 11 is 3.31. The van der Waals surface area contributed by atoms with E-state index in [1.54, 1.807) is 25.1 Å². The summed E-state index contributed by atoms with van der Waals surface area (Å²) in [6, 6.07) is 4.98. The van der Waals surface area contributed by atoms with Crippen molar-refractivity contribution in [3.05, 3.63) is 29.3 Å². The van der Waals surface area contributed by atoms with E-state index in [9.17, 15) is 9.59 Å². The number of carbonyl (C=O) groups is 2. The van der Waals surface area contributed by atoms with Crippen LogP contribution in [0, 0.1) is 0 Å². The SMILES string of the molecule is CCC(=O)c1cc(CC(=O)O)ccc1OCCCBr. The van der Waals surface area contributed by atoms with Crippen LogP contribution in [-0.4, -0.2) is 28.8 Å². The molecule has 0 saturated carbocycles. The third kappa shape index (κ3) is 5.03. The molecule has 0 unspecified atom stereocenters. The Morgan fingerprint density at radius 3 is 2.68 bits per heavy atom. The molecule has 0 radical (unpaired) electrons. The summed E-state index contributed by atoms with van der Waals surface area (Å²) in [5.41, 5.74) is 1.08. The Bertz CT molecular complexity index is 457. The van der Waals surface area contributed by atoms with E-state index in [1.807, 2.05) is 0 Å². The van der Waals surface area contributed by atoms with Gasteiger partial charge in [0.05, 0.1) is 18.6 Å². The van der Waals surface area contributed by atoms with Crippen molar-refractivity contribution < 1.29 is 19.4 Å². The highest BCUT2D eigenvalue weighted by molar-refractivity contribution is 9.09. The highest BCUT2D eigenvalue weighted by atomic mass is 79.9. The van der Waals surface area contributed by atoms with Crippen LogP contribution in [0.4, 0.5) is 0 Å². The zero-order valence-corrected chi connectivity index (χ0v) is 12.4. The third-order valence-electron chi connectivity index (χ3n) is 2.56. The maximum atomic E-state index is 11.9. The van der Waals surface area contributed by atoms with E-state index in [-0.39, 0.29) is 12.2 Å². The van der Waals surface area contributed by atoms with Crippen LogP contribution in [0.2, 0.25) is 0 Å². The minimum Gasteiger partial charge on any atom is -0.493 e. The molecule has 19 heavy (non-hydrogen) atoms. The summed E-state index contributed by atoms with van der Waals surface area (Å²) in [5.74, 6) is -0.425. The maximum Gasteiger partial charge on any atom is 0.307 e. The highest BCUT2D eigenvalue weighted by Gasteiger charge is 2.13. The molecule has 0 atom stereocenters. The van der Waals surface area contributed by atoms with E-state index in [4.69, 9.17) is 9.84 Å². The fourth-order valence-corrected chi connectivity index (χ4v) is 1.86. The van der Waals surface area contributed by atoms with Gasteiger partial charge >= 0.3 is 5.97 Å². The number of halogens is 1. The second kappa shape index (κ2) is 7.94. The van der Waals surface area contributed by atoms with Crippen LogP contribution in [0.25, 0.3) is 0 Å². The van der Waals surface area contributed by atoms with Crippen LogP contribution in [0.15, 0.2) is 18.2 Å². The van der Waals surface area contributed by atoms with Crippen molar-refractivity contribution in [3.8, 4) is 5.75 Å². The van der Waals surface area contributed by atoms with Gasteiger partial charge in [0.1, 0.15) is 5.75 Å². The molecule has 1 aromatic rings. The number of aliphatic carboxylic acids is 1. The second-order valence-electron chi connectivity index (χ2n) is 4.07. The molecule has 104 valence electrons. The van der Waals surface area contributed by atoms with Crippen LogP contribution in [0.1, 0.15) is 35.7 Å². The van der Waals surface area contributed by atoms with Crippen molar-refractivity contribution >= 4 is 27.7 Å². The standard InChI is InChI=1S/C14H17BrO4/c1-2-12(16)11-8-10(9-14(17)18)4-5-13(11)19-7-3-6-15/h4-5,8H,2-3,6-7,9H2,1H3,(H,17,18). The molecule has 0 fully saturated rings. The van der Waals surface area contributed by atoms with Gasteiger partial charge in [-0.15, -0.1) is 0 Å². The van der Waals surface area contributed by atoms with Gasteiger partial charge in [-0.1, -0.05) is 28.9 Å². The Morgan fingerprint density at radius 2 is 2.11 bits per heavy atom. The molecule has 4 nitrogen and oxygen atoms in total. The van der Waals surface area contributed by atoms with Gasteiger partial charge in [-0.2, -0.15) is 0 Å². The van der Waals surface area contributed by atoms with Gasteiger partial charge < -0.3 is 9.84 Å². The lowest BCUT2D eigenvalue weighted by Crippen LogP contribution is -2.07. The zero-order valence-electron chi connectivity index (χ0n) is 10.8. The number of carboxylic acids is 1. The monoisotopic (exact) mass is 328 g/mol. The molecule has 0 saturated heterocycles. The number of alkyl halides is 1. The van der Waals surface area contributed by atoms with E-state index in [0.29, 0.717) is 29.9 Å². The number of benzene rings is 1. The van der Waals surface area contributed by atoms with Crippen molar-refractivity contribution in [2.24, 2.45) is 0 Å². The maximum absolute atomic E-state index is 11.9. The number of hydrogen-bond acceptors (Lipinski definition) is 3. The van der Waals surface area contributed by atoms with E-state index in [1.165, 1.54) is 0 Å². The number of Topliss-reactive ketones (excluding diaryl/α,β-unsaturated/α-hetero) is 1. The highest BCUT2D eigenvalue weighted by Crippen LogP contribution is 2.22. The Balaban J connectivity index is 2.95. The smallest absolute Gasteiger partial charge is 0.307 e. The minimum atomic E-state index is -0.914. The molecule has 0 aliphatic carbocycles. The first kappa shape index (κ1) is 15.7. The minimum absolute atomic E-state index is 0.0407. The van der Waals surface area contributed by atoms with Crippen LogP contribution in [-0.2, 0) is 11.2 Å². The average molecular weight is 329 g/mol. The zero-order chi connectivity index (χ0) is 14.3. The molecule has 0 aromatic heterocycles. The quantitative estimate of drug-likeness (QED) is 0.452. The topological polar surface area (TPSA) is 63.6 Å². The fourth-order valence-electron chi connectivity index (χ4n) is 1.63. The van der Waals surface area contributed by atoms with Gasteiger partial charge in [-0.05, 0) is 24.1 Å². The Labute approximate surface area is 120 Å². The molecular weight excluding hydrogens is 312 g/mol. The van der Waals surface area contributed by atoms with Crippen molar-refractivity contribution in [2.45, 2.75) is 26.2 Å². The van der Waals surface area contributed by atoms with Crippen molar-refractivity contribution in [3.63, 3.8) is 0 Å². The van der Waals surface area contributed by atoms with Crippen molar-refractivity contribution in [1.82, 2.24) is 0 Å². The van der Waals surface area contributed by atoms with Gasteiger partial charge in [-0.25, -0.2) is 0 Å². The first-order chi connectivity index (χ1) is 9.08. The number of hydrogen-bond donors (Lipinski definition) is 1. The van der Waals surface area contributed by atoms with Crippen molar-refractivity contribution in [1.29, 1.82) is 0 Å². The molecule has 0 aliphatic heterocycles. The van der Waals surface area contributed by atoms with Crippen LogP contribution < -0.4 is 4.74 Å². The summed E-state index contributed by atoms with van der Waals surface area (Å²) < 4.78 is 5.56. The van der Waals surface area contributed by atoms with Crippen molar-refractivity contribution in [2.75, 3.05) is 11.9 Å². The normalized spacial score (nSPS) is 10.2. The van der Waals surface area contributed by atoms with E-state index in [0.717, 1.165) is 11.8 Å². The third-order valence-corrected chi connectivity index (χ3v) is 3.12. The van der Waals surface area contributed by atoms with E-state index < -0.39 is 5.97 Å².